The van der Waals surface area contributed by atoms with E-state index in [1.54, 1.807) is 0 Å². The van der Waals surface area contributed by atoms with Crippen LogP contribution < -0.4 is 0 Å². The molecule has 0 unspecified atom stereocenters. The lowest BCUT2D eigenvalue weighted by molar-refractivity contribution is 0.384. The second kappa shape index (κ2) is 3.10. The third-order valence-corrected chi connectivity index (χ3v) is 1.58. The van der Waals surface area contributed by atoms with E-state index in [4.69, 9.17) is 4.55 Å². The van der Waals surface area contributed by atoms with Crippen molar-refractivity contribution in [2.45, 2.75) is 6.92 Å². The van der Waals surface area contributed by atoms with Crippen molar-refractivity contribution in [3.8, 4) is 0 Å². The maximum absolute atomic E-state index is 9.84. The molecular formula is C2H4O6S2. The predicted octanol–water partition coefficient (Wildman–Crippen LogP) is -1.17. The summed E-state index contributed by atoms with van der Waals surface area (Å²) in [6.45, 7) is 0.886. The largest absolute Gasteiger partial charge is 0.402 e. The van der Waals surface area contributed by atoms with Crippen LogP contribution in [-0.2, 0) is 24.9 Å². The second-order valence-corrected chi connectivity index (χ2v) is 3.30. The molecule has 0 aliphatic heterocycles. The van der Waals surface area contributed by atoms with Crippen molar-refractivity contribution in [2.24, 2.45) is 0 Å². The van der Waals surface area contributed by atoms with Crippen LogP contribution in [0.4, 0.5) is 0 Å². The van der Waals surface area contributed by atoms with Gasteiger partial charge in [-0.05, 0) is 6.92 Å². The van der Waals surface area contributed by atoms with Gasteiger partial charge in [0.15, 0.2) is 5.05 Å². The van der Waals surface area contributed by atoms with Crippen molar-refractivity contribution in [3.63, 3.8) is 0 Å². The molecule has 0 bridgehead atoms. The van der Waals surface area contributed by atoms with Gasteiger partial charge in [-0.1, -0.05) is 0 Å². The lowest BCUT2D eigenvalue weighted by atomic mass is 10.9. The Balaban J connectivity index is 4.69. The standard InChI is InChI=1S/C2H4O6S2/c1-2(9(3)4)8-10(5,6)7/h1H3,(H,5,6,7). The molecule has 8 heteroatoms. The van der Waals surface area contributed by atoms with Crippen LogP contribution >= 0.6 is 0 Å². The Hall–Kier alpha value is -0.440. The lowest BCUT2D eigenvalue weighted by Gasteiger charge is -1.90. The summed E-state index contributed by atoms with van der Waals surface area (Å²) in [4.78, 5) is 0. The van der Waals surface area contributed by atoms with Gasteiger partial charge in [0, 0.05) is 0 Å². The molecule has 0 aromatic carbocycles. The predicted molar refractivity (Wildman–Crippen MR) is 32.2 cm³/mol. The SMILES string of the molecule is CC(OS(=O)(=O)O)=S(=O)=O. The summed E-state index contributed by atoms with van der Waals surface area (Å²) in [6, 6.07) is 0. The minimum atomic E-state index is -4.70. The highest BCUT2D eigenvalue weighted by Crippen LogP contribution is 1.86. The summed E-state index contributed by atoms with van der Waals surface area (Å²) in [7, 11) is -7.45. The second-order valence-electron chi connectivity index (χ2n) is 1.24. The van der Waals surface area contributed by atoms with Gasteiger partial charge in [0.25, 0.3) is 0 Å². The molecule has 0 saturated heterocycles. The Morgan fingerprint density at radius 2 is 1.90 bits per heavy atom. The fraction of sp³-hybridized carbons (Fsp3) is 0.500. The zero-order chi connectivity index (χ0) is 8.36. The summed E-state index contributed by atoms with van der Waals surface area (Å²) in [5.41, 5.74) is 0. The smallest absolute Gasteiger partial charge is 0.263 e. The minimum Gasteiger partial charge on any atom is -0.263 e. The average molecular weight is 188 g/mol. The van der Waals surface area contributed by atoms with Crippen LogP contribution in [-0.4, -0.2) is 26.4 Å². The Morgan fingerprint density at radius 3 is 2.00 bits per heavy atom. The van der Waals surface area contributed by atoms with E-state index in [1.807, 2.05) is 0 Å². The van der Waals surface area contributed by atoms with Crippen LogP contribution in [0.1, 0.15) is 6.92 Å². The molecule has 0 aromatic rings. The van der Waals surface area contributed by atoms with Crippen LogP contribution in [0.3, 0.4) is 0 Å². The van der Waals surface area contributed by atoms with Crippen molar-refractivity contribution >= 4 is 25.7 Å². The van der Waals surface area contributed by atoms with Crippen LogP contribution in [0.15, 0.2) is 0 Å². The number of hydrogen-bond acceptors (Lipinski definition) is 5. The Morgan fingerprint density at radius 1 is 1.50 bits per heavy atom. The first kappa shape index (κ1) is 9.56. The molecule has 60 valence electrons. The molecule has 0 aromatic heterocycles. The summed E-state index contributed by atoms with van der Waals surface area (Å²) in [5.74, 6) is 0. The lowest BCUT2D eigenvalue weighted by Crippen LogP contribution is -2.08. The van der Waals surface area contributed by atoms with Crippen LogP contribution in [0.25, 0.3) is 0 Å². The van der Waals surface area contributed by atoms with Gasteiger partial charge in [-0.25, -0.2) is 0 Å². The first-order valence-corrected chi connectivity index (χ1v) is 4.36. The van der Waals surface area contributed by atoms with E-state index in [0.29, 0.717) is 0 Å². The monoisotopic (exact) mass is 188 g/mol. The number of rotatable bonds is 1. The highest BCUT2D eigenvalue weighted by molar-refractivity contribution is 7.82. The van der Waals surface area contributed by atoms with Crippen molar-refractivity contribution in [1.82, 2.24) is 0 Å². The van der Waals surface area contributed by atoms with E-state index in [9.17, 15) is 16.8 Å². The van der Waals surface area contributed by atoms with Gasteiger partial charge in [-0.15, -0.1) is 0 Å². The van der Waals surface area contributed by atoms with Crippen molar-refractivity contribution in [3.05, 3.63) is 0 Å². The third-order valence-electron chi connectivity index (χ3n) is 0.457. The summed E-state index contributed by atoms with van der Waals surface area (Å²) >= 11 is 0. The molecule has 6 nitrogen and oxygen atoms in total. The molecule has 0 aliphatic carbocycles. The van der Waals surface area contributed by atoms with E-state index in [2.05, 4.69) is 4.18 Å². The van der Waals surface area contributed by atoms with E-state index in [0.717, 1.165) is 6.92 Å². The zero-order valence-corrected chi connectivity index (χ0v) is 6.44. The van der Waals surface area contributed by atoms with E-state index < -0.39 is 25.7 Å². The maximum atomic E-state index is 9.84. The minimum absolute atomic E-state index is 0.803. The zero-order valence-electron chi connectivity index (χ0n) is 4.80. The highest BCUT2D eigenvalue weighted by atomic mass is 32.3. The highest BCUT2D eigenvalue weighted by Gasteiger charge is 2.07. The topological polar surface area (TPSA) is 97.7 Å². The van der Waals surface area contributed by atoms with Crippen LogP contribution in [0.2, 0.25) is 0 Å². The van der Waals surface area contributed by atoms with Gasteiger partial charge >= 0.3 is 10.4 Å². The molecule has 0 rings (SSSR count). The van der Waals surface area contributed by atoms with E-state index >= 15 is 0 Å². The molecule has 0 saturated carbocycles. The van der Waals surface area contributed by atoms with Gasteiger partial charge in [-0.2, -0.15) is 21.0 Å². The molecule has 0 fully saturated rings. The molecule has 1 N–H and O–H groups in total. The van der Waals surface area contributed by atoms with Crippen LogP contribution in [0, 0.1) is 0 Å². The van der Waals surface area contributed by atoms with Gasteiger partial charge < -0.3 is 0 Å². The molecule has 10 heavy (non-hydrogen) atoms. The molecule has 0 spiro atoms. The Labute approximate surface area is 58.9 Å². The van der Waals surface area contributed by atoms with Crippen molar-refractivity contribution < 1.29 is 25.6 Å². The quantitative estimate of drug-likeness (QED) is 0.411. The van der Waals surface area contributed by atoms with Gasteiger partial charge in [0.05, 0.1) is 0 Å². The average Bonchev–Trinajstić information content (AvgIpc) is 1.60. The number of hydrogen-bond donors (Lipinski definition) is 1. The van der Waals surface area contributed by atoms with Crippen molar-refractivity contribution in [2.75, 3.05) is 0 Å². The van der Waals surface area contributed by atoms with E-state index in [-0.39, 0.29) is 0 Å². The molecule has 0 amide bonds. The van der Waals surface area contributed by atoms with Crippen LogP contribution in [0.5, 0.6) is 0 Å². The van der Waals surface area contributed by atoms with E-state index in [1.165, 1.54) is 0 Å². The van der Waals surface area contributed by atoms with Crippen molar-refractivity contribution in [1.29, 1.82) is 0 Å². The molecular weight excluding hydrogens is 184 g/mol. The fourth-order valence-electron chi connectivity index (χ4n) is 0.176. The Kier molecular flexibility index (Phi) is 2.96. The van der Waals surface area contributed by atoms with Gasteiger partial charge in [0.2, 0.25) is 10.3 Å². The normalized spacial score (nSPS) is 11.0. The molecule has 0 heterocycles. The Bertz CT molecular complexity index is 322. The summed E-state index contributed by atoms with van der Waals surface area (Å²) in [5, 5.41) is -0.803. The van der Waals surface area contributed by atoms with Gasteiger partial charge in [-0.3, -0.25) is 4.55 Å². The fourth-order valence-corrected chi connectivity index (χ4v) is 0.953. The molecule has 0 aliphatic rings. The maximum Gasteiger partial charge on any atom is 0.402 e. The first-order chi connectivity index (χ1) is 4.33. The first-order valence-electron chi connectivity index (χ1n) is 1.92. The molecule has 0 atom stereocenters. The third kappa shape index (κ3) is 4.44. The van der Waals surface area contributed by atoms with Gasteiger partial charge in [0.1, 0.15) is 0 Å². The molecule has 0 radical (unpaired) electrons. The summed E-state index contributed by atoms with van der Waals surface area (Å²) < 4.78 is 50.7. The summed E-state index contributed by atoms with van der Waals surface area (Å²) in [6.07, 6.45) is 0.